The maximum absolute atomic E-state index is 12.7. The van der Waals surface area contributed by atoms with E-state index < -0.39 is 6.09 Å². The standard InChI is InChI=1S/C21H24N2O4/c24-14-16-9-11-23(12-10-16)20(25)18-7-4-8-19(13-18)22-21(26)27-15-17-5-2-1-3-6-17/h1-8,13,16,24H,9-12,14-15H2,(H,22,26). The van der Waals surface area contributed by atoms with Crippen molar-refractivity contribution in [3.8, 4) is 0 Å². The third-order valence-electron chi connectivity index (χ3n) is 4.73. The average Bonchev–Trinajstić information content (AvgIpc) is 2.73. The lowest BCUT2D eigenvalue weighted by Gasteiger charge is -2.31. The molecular weight excluding hydrogens is 344 g/mol. The Balaban J connectivity index is 1.55. The molecule has 6 heteroatoms. The first-order valence-electron chi connectivity index (χ1n) is 9.13. The average molecular weight is 368 g/mol. The number of aliphatic hydroxyl groups is 1. The second kappa shape index (κ2) is 9.19. The van der Waals surface area contributed by atoms with Crippen LogP contribution in [0.1, 0.15) is 28.8 Å². The van der Waals surface area contributed by atoms with Gasteiger partial charge in [0.05, 0.1) is 0 Å². The summed E-state index contributed by atoms with van der Waals surface area (Å²) in [4.78, 5) is 26.4. The van der Waals surface area contributed by atoms with Crippen LogP contribution in [0.5, 0.6) is 0 Å². The van der Waals surface area contributed by atoms with E-state index in [1.165, 1.54) is 0 Å². The monoisotopic (exact) mass is 368 g/mol. The van der Waals surface area contributed by atoms with Crippen molar-refractivity contribution in [2.45, 2.75) is 19.4 Å². The Morgan fingerprint density at radius 2 is 1.81 bits per heavy atom. The highest BCUT2D eigenvalue weighted by atomic mass is 16.5. The summed E-state index contributed by atoms with van der Waals surface area (Å²) in [6.07, 6.45) is 1.06. The summed E-state index contributed by atoms with van der Waals surface area (Å²) < 4.78 is 5.20. The highest BCUT2D eigenvalue weighted by molar-refractivity contribution is 5.96. The number of amides is 2. The number of aliphatic hydroxyl groups excluding tert-OH is 1. The zero-order valence-corrected chi connectivity index (χ0v) is 15.1. The number of carbonyl (C=O) groups excluding carboxylic acids is 2. The molecule has 2 amide bonds. The molecule has 2 aromatic carbocycles. The molecule has 1 heterocycles. The summed E-state index contributed by atoms with van der Waals surface area (Å²) in [5.74, 6) is 0.217. The molecule has 0 unspecified atom stereocenters. The van der Waals surface area contributed by atoms with Gasteiger partial charge in [0.25, 0.3) is 5.91 Å². The second-order valence-corrected chi connectivity index (χ2v) is 6.69. The van der Waals surface area contributed by atoms with Crippen LogP contribution < -0.4 is 5.32 Å². The van der Waals surface area contributed by atoms with Crippen LogP contribution in [0, 0.1) is 5.92 Å². The number of ether oxygens (including phenoxy) is 1. The Labute approximate surface area is 158 Å². The molecule has 0 radical (unpaired) electrons. The van der Waals surface area contributed by atoms with Crippen molar-refractivity contribution in [2.24, 2.45) is 5.92 Å². The Kier molecular flexibility index (Phi) is 6.44. The lowest BCUT2D eigenvalue weighted by Crippen LogP contribution is -2.39. The maximum Gasteiger partial charge on any atom is 0.411 e. The minimum absolute atomic E-state index is 0.0623. The fourth-order valence-electron chi connectivity index (χ4n) is 3.11. The molecule has 2 N–H and O–H groups in total. The van der Waals surface area contributed by atoms with E-state index in [0.29, 0.717) is 24.3 Å². The number of piperidine rings is 1. The molecule has 3 rings (SSSR count). The zero-order chi connectivity index (χ0) is 19.1. The molecule has 0 atom stereocenters. The lowest BCUT2D eigenvalue weighted by molar-refractivity contribution is 0.0651. The van der Waals surface area contributed by atoms with Crippen LogP contribution >= 0.6 is 0 Å². The zero-order valence-electron chi connectivity index (χ0n) is 15.1. The number of carbonyl (C=O) groups is 2. The Morgan fingerprint density at radius 1 is 1.07 bits per heavy atom. The van der Waals surface area contributed by atoms with E-state index in [1.807, 2.05) is 30.3 Å². The van der Waals surface area contributed by atoms with Crippen LogP contribution in [0.25, 0.3) is 0 Å². The van der Waals surface area contributed by atoms with Gasteiger partial charge in [-0.3, -0.25) is 10.1 Å². The summed E-state index contributed by atoms with van der Waals surface area (Å²) >= 11 is 0. The third-order valence-corrected chi connectivity index (χ3v) is 4.73. The van der Waals surface area contributed by atoms with Crippen molar-refractivity contribution in [1.82, 2.24) is 4.90 Å². The molecule has 0 spiro atoms. The topological polar surface area (TPSA) is 78.9 Å². The number of likely N-dealkylation sites (tertiary alicyclic amines) is 1. The molecule has 1 saturated heterocycles. The molecular formula is C21H24N2O4. The normalized spacial score (nSPS) is 14.6. The lowest BCUT2D eigenvalue weighted by atomic mass is 9.97. The van der Waals surface area contributed by atoms with Gasteiger partial charge in [-0.2, -0.15) is 0 Å². The van der Waals surface area contributed by atoms with Gasteiger partial charge in [0.15, 0.2) is 0 Å². The maximum atomic E-state index is 12.7. The molecule has 0 aliphatic carbocycles. The summed E-state index contributed by atoms with van der Waals surface area (Å²) in [5.41, 5.74) is 1.95. The predicted molar refractivity (Wildman–Crippen MR) is 102 cm³/mol. The number of nitrogens with one attached hydrogen (secondary N) is 1. The van der Waals surface area contributed by atoms with E-state index >= 15 is 0 Å². The van der Waals surface area contributed by atoms with Gasteiger partial charge in [-0.25, -0.2) is 4.79 Å². The highest BCUT2D eigenvalue weighted by Gasteiger charge is 2.23. The third kappa shape index (κ3) is 5.31. The molecule has 142 valence electrons. The smallest absolute Gasteiger partial charge is 0.411 e. The summed E-state index contributed by atoms with van der Waals surface area (Å²) in [7, 11) is 0. The SMILES string of the molecule is O=C(Nc1cccc(C(=O)N2CCC(CO)CC2)c1)OCc1ccccc1. The van der Waals surface area contributed by atoms with E-state index in [4.69, 9.17) is 4.74 Å². The van der Waals surface area contributed by atoms with Gasteiger partial charge in [-0.1, -0.05) is 36.4 Å². The second-order valence-electron chi connectivity index (χ2n) is 6.69. The van der Waals surface area contributed by atoms with E-state index in [2.05, 4.69) is 5.32 Å². The van der Waals surface area contributed by atoms with E-state index in [1.54, 1.807) is 29.2 Å². The molecule has 6 nitrogen and oxygen atoms in total. The van der Waals surface area contributed by atoms with Gasteiger partial charge >= 0.3 is 6.09 Å². The van der Waals surface area contributed by atoms with Crippen molar-refractivity contribution in [3.63, 3.8) is 0 Å². The van der Waals surface area contributed by atoms with Gasteiger partial charge in [0.1, 0.15) is 6.61 Å². The molecule has 2 aromatic rings. The highest BCUT2D eigenvalue weighted by Crippen LogP contribution is 2.20. The molecule has 0 bridgehead atoms. The van der Waals surface area contributed by atoms with Crippen LogP contribution in [-0.4, -0.2) is 41.7 Å². The van der Waals surface area contributed by atoms with Gasteiger partial charge in [-0.15, -0.1) is 0 Å². The van der Waals surface area contributed by atoms with Crippen molar-refractivity contribution in [1.29, 1.82) is 0 Å². The van der Waals surface area contributed by atoms with Crippen LogP contribution in [0.3, 0.4) is 0 Å². The fourth-order valence-corrected chi connectivity index (χ4v) is 3.11. The van der Waals surface area contributed by atoms with E-state index in [0.717, 1.165) is 18.4 Å². The number of nitrogens with zero attached hydrogens (tertiary/aromatic N) is 1. The Hall–Kier alpha value is -2.86. The Bertz CT molecular complexity index is 771. The number of rotatable bonds is 5. The first-order valence-corrected chi connectivity index (χ1v) is 9.13. The van der Waals surface area contributed by atoms with Gasteiger partial charge < -0.3 is 14.7 Å². The van der Waals surface area contributed by atoms with Crippen LogP contribution in [0.15, 0.2) is 54.6 Å². The molecule has 1 aliphatic rings. The number of anilines is 1. The first kappa shape index (κ1) is 18.9. The molecule has 27 heavy (non-hydrogen) atoms. The van der Waals surface area contributed by atoms with Gasteiger partial charge in [-0.05, 0) is 42.5 Å². The molecule has 1 fully saturated rings. The first-order chi connectivity index (χ1) is 13.2. The summed E-state index contributed by atoms with van der Waals surface area (Å²) in [6, 6.07) is 16.3. The van der Waals surface area contributed by atoms with Gasteiger partial charge in [0.2, 0.25) is 0 Å². The van der Waals surface area contributed by atoms with E-state index in [-0.39, 0.29) is 25.0 Å². The number of hydrogen-bond donors (Lipinski definition) is 2. The van der Waals surface area contributed by atoms with Crippen molar-refractivity contribution < 1.29 is 19.4 Å². The van der Waals surface area contributed by atoms with Crippen LogP contribution in [0.2, 0.25) is 0 Å². The quantitative estimate of drug-likeness (QED) is 0.849. The molecule has 1 aliphatic heterocycles. The fraction of sp³-hybridized carbons (Fsp3) is 0.333. The summed E-state index contributed by atoms with van der Waals surface area (Å²) in [5, 5.41) is 11.9. The van der Waals surface area contributed by atoms with Crippen molar-refractivity contribution in [3.05, 3.63) is 65.7 Å². The number of benzene rings is 2. The summed E-state index contributed by atoms with van der Waals surface area (Å²) in [6.45, 7) is 1.64. The molecule has 0 saturated carbocycles. The predicted octanol–water partition coefficient (Wildman–Crippen LogP) is 3.28. The van der Waals surface area contributed by atoms with Crippen LogP contribution in [-0.2, 0) is 11.3 Å². The largest absolute Gasteiger partial charge is 0.444 e. The minimum atomic E-state index is -0.563. The van der Waals surface area contributed by atoms with Crippen molar-refractivity contribution >= 4 is 17.7 Å². The van der Waals surface area contributed by atoms with Crippen LogP contribution in [0.4, 0.5) is 10.5 Å². The Morgan fingerprint density at radius 3 is 2.52 bits per heavy atom. The molecule has 0 aromatic heterocycles. The van der Waals surface area contributed by atoms with Crippen molar-refractivity contribution in [2.75, 3.05) is 25.0 Å². The number of hydrogen-bond acceptors (Lipinski definition) is 4. The van der Waals surface area contributed by atoms with E-state index in [9.17, 15) is 14.7 Å². The van der Waals surface area contributed by atoms with Gasteiger partial charge in [0, 0.05) is 30.9 Å². The minimum Gasteiger partial charge on any atom is -0.444 e.